The quantitative estimate of drug-likeness (QED) is 0.348. The highest BCUT2D eigenvalue weighted by Crippen LogP contribution is 2.40. The predicted molar refractivity (Wildman–Crippen MR) is 125 cm³/mol. The fourth-order valence-corrected chi connectivity index (χ4v) is 4.55. The van der Waals surface area contributed by atoms with Crippen molar-refractivity contribution in [3.63, 3.8) is 0 Å². The third-order valence-corrected chi connectivity index (χ3v) is 6.43. The van der Waals surface area contributed by atoms with Crippen molar-refractivity contribution >= 4 is 28.1 Å². The molecular weight excluding hydrogens is 462 g/mol. The van der Waals surface area contributed by atoms with E-state index < -0.39 is 23.5 Å². The molecule has 4 aromatic rings. The van der Waals surface area contributed by atoms with Crippen LogP contribution in [0.25, 0.3) is 10.4 Å². The second kappa shape index (κ2) is 9.65. The average molecular weight is 485 g/mol. The number of nitrogens with one attached hydrogen (secondary N) is 1. The Kier molecular flexibility index (Phi) is 6.66. The van der Waals surface area contributed by atoms with Crippen LogP contribution in [0.5, 0.6) is 0 Å². The highest BCUT2D eigenvalue weighted by atomic mass is 32.1. The minimum Gasteiger partial charge on any atom is -0.396 e. The molecule has 0 aliphatic heterocycles. The number of aliphatic hydroxyl groups excluding tert-OH is 1. The Balaban J connectivity index is 1.65. The summed E-state index contributed by atoms with van der Waals surface area (Å²) in [6, 6.07) is 7.31. The summed E-state index contributed by atoms with van der Waals surface area (Å²) in [6.07, 6.45) is 3.18. The van der Waals surface area contributed by atoms with Crippen molar-refractivity contribution in [1.29, 1.82) is 0 Å². The Morgan fingerprint density at radius 3 is 2.47 bits per heavy atom. The normalized spacial score (nSPS) is 12.0. The third kappa shape index (κ3) is 4.80. The van der Waals surface area contributed by atoms with Crippen LogP contribution in [0.2, 0.25) is 0 Å². The maximum atomic E-state index is 14.8. The van der Waals surface area contributed by atoms with Crippen molar-refractivity contribution in [2.75, 3.05) is 11.9 Å². The molecule has 4 rings (SSSR count). The van der Waals surface area contributed by atoms with Crippen molar-refractivity contribution in [2.45, 2.75) is 26.3 Å². The second-order valence-corrected chi connectivity index (χ2v) is 8.84. The summed E-state index contributed by atoms with van der Waals surface area (Å²) in [5.74, 6) is -2.29. The number of nitrogens with zero attached hydrogens (tertiary/aromatic N) is 4. The molecular formula is C23H22F2N6O2S. The molecule has 11 heteroatoms. The van der Waals surface area contributed by atoms with E-state index >= 15 is 0 Å². The molecule has 1 aromatic carbocycles. The molecule has 4 N–H and O–H groups in total. The van der Waals surface area contributed by atoms with Gasteiger partial charge < -0.3 is 16.2 Å². The van der Waals surface area contributed by atoms with E-state index in [-0.39, 0.29) is 22.6 Å². The Morgan fingerprint density at radius 2 is 1.88 bits per heavy atom. The molecule has 1 amide bonds. The number of aliphatic hydroxyl groups is 1. The molecule has 8 nitrogen and oxygen atoms in total. The van der Waals surface area contributed by atoms with Gasteiger partial charge in [0.1, 0.15) is 22.5 Å². The number of amides is 1. The summed E-state index contributed by atoms with van der Waals surface area (Å²) < 4.78 is 29.7. The first-order chi connectivity index (χ1) is 16.3. The largest absolute Gasteiger partial charge is 0.396 e. The van der Waals surface area contributed by atoms with E-state index in [1.54, 1.807) is 25.4 Å². The van der Waals surface area contributed by atoms with Gasteiger partial charge in [0.25, 0.3) is 5.91 Å². The van der Waals surface area contributed by atoms with Crippen molar-refractivity contribution in [2.24, 2.45) is 5.73 Å². The van der Waals surface area contributed by atoms with Gasteiger partial charge in [0.2, 0.25) is 0 Å². The first-order valence-corrected chi connectivity index (χ1v) is 11.2. The smallest absolute Gasteiger partial charge is 0.251 e. The van der Waals surface area contributed by atoms with Gasteiger partial charge >= 0.3 is 0 Å². The van der Waals surface area contributed by atoms with Crippen LogP contribution in [0.3, 0.4) is 0 Å². The van der Waals surface area contributed by atoms with E-state index in [0.717, 1.165) is 22.6 Å². The van der Waals surface area contributed by atoms with Crippen LogP contribution < -0.4 is 11.1 Å². The summed E-state index contributed by atoms with van der Waals surface area (Å²) in [5.41, 5.74) is 7.33. The molecule has 1 unspecified atom stereocenters. The Labute approximate surface area is 198 Å². The van der Waals surface area contributed by atoms with Crippen molar-refractivity contribution in [3.8, 4) is 10.4 Å². The molecule has 0 bridgehead atoms. The molecule has 0 saturated carbocycles. The second-order valence-electron chi connectivity index (χ2n) is 7.79. The SMILES string of the molecule is Cc1nc(Nc2sc(-c3c(F)cc(C(C)CO)cc3F)cc2C(N)=O)ccc1Cn1nccn1. The maximum absolute atomic E-state index is 14.8. The van der Waals surface area contributed by atoms with E-state index in [1.165, 1.54) is 23.0 Å². The summed E-state index contributed by atoms with van der Waals surface area (Å²) in [4.78, 5) is 18.3. The van der Waals surface area contributed by atoms with E-state index in [1.807, 2.05) is 13.0 Å². The van der Waals surface area contributed by atoms with Gasteiger partial charge in [-0.05, 0) is 42.3 Å². The van der Waals surface area contributed by atoms with Crippen LogP contribution in [0.4, 0.5) is 19.6 Å². The van der Waals surface area contributed by atoms with Gasteiger partial charge in [0.05, 0.1) is 30.1 Å². The molecule has 0 spiro atoms. The van der Waals surface area contributed by atoms with Crippen LogP contribution >= 0.6 is 11.3 Å². The number of thiophene rings is 1. The molecule has 0 aliphatic rings. The Morgan fingerprint density at radius 1 is 1.21 bits per heavy atom. The number of carbonyl (C=O) groups is 1. The monoisotopic (exact) mass is 484 g/mol. The molecule has 3 aromatic heterocycles. The van der Waals surface area contributed by atoms with Crippen LogP contribution in [0, 0.1) is 18.6 Å². The van der Waals surface area contributed by atoms with Crippen LogP contribution in [-0.4, -0.2) is 37.6 Å². The number of carbonyl (C=O) groups excluding carboxylic acids is 1. The zero-order valence-electron chi connectivity index (χ0n) is 18.4. The molecule has 3 heterocycles. The van der Waals surface area contributed by atoms with E-state index in [2.05, 4.69) is 20.5 Å². The lowest BCUT2D eigenvalue weighted by Crippen LogP contribution is -2.12. The summed E-state index contributed by atoms with van der Waals surface area (Å²) in [7, 11) is 0. The lowest BCUT2D eigenvalue weighted by molar-refractivity contribution is 0.100. The molecule has 34 heavy (non-hydrogen) atoms. The molecule has 176 valence electrons. The molecule has 0 fully saturated rings. The molecule has 0 radical (unpaired) electrons. The minimum absolute atomic E-state index is 0.0934. The number of nitrogens with two attached hydrogens (primary N) is 1. The lowest BCUT2D eigenvalue weighted by atomic mass is 9.99. The standard InChI is InChI=1S/C23H22F2N6O2S/c1-12(11-32)15-7-17(24)21(18(25)8-15)19-9-16(22(26)33)23(34-19)30-20-4-3-14(13(2)29-20)10-31-27-5-6-28-31/h3-9,12,32H,10-11H2,1-2H3,(H2,26,33)(H,29,30). The number of pyridine rings is 1. The summed E-state index contributed by atoms with van der Waals surface area (Å²) in [6.45, 7) is 3.71. The first kappa shape index (κ1) is 23.5. The number of primary amides is 1. The topological polar surface area (TPSA) is 119 Å². The van der Waals surface area contributed by atoms with Gasteiger partial charge in [0, 0.05) is 23.1 Å². The zero-order valence-corrected chi connectivity index (χ0v) is 19.2. The molecule has 0 aliphatic carbocycles. The van der Waals surface area contributed by atoms with Crippen molar-refractivity contribution < 1.29 is 18.7 Å². The van der Waals surface area contributed by atoms with Gasteiger partial charge in [0.15, 0.2) is 0 Å². The predicted octanol–water partition coefficient (Wildman–Crippen LogP) is 3.97. The number of rotatable bonds is 8. The van der Waals surface area contributed by atoms with E-state index in [4.69, 9.17) is 5.73 Å². The Bertz CT molecular complexity index is 1320. The Hall–Kier alpha value is -3.70. The summed E-state index contributed by atoms with van der Waals surface area (Å²) >= 11 is 0.993. The summed E-state index contributed by atoms with van der Waals surface area (Å²) in [5, 5.41) is 20.8. The van der Waals surface area contributed by atoms with Gasteiger partial charge in [-0.1, -0.05) is 13.0 Å². The number of halogens is 2. The van der Waals surface area contributed by atoms with Gasteiger partial charge in [-0.3, -0.25) is 4.79 Å². The van der Waals surface area contributed by atoms with Gasteiger partial charge in [-0.2, -0.15) is 15.0 Å². The van der Waals surface area contributed by atoms with Crippen LogP contribution in [-0.2, 0) is 6.54 Å². The number of hydrogen-bond acceptors (Lipinski definition) is 7. The first-order valence-electron chi connectivity index (χ1n) is 10.4. The minimum atomic E-state index is -0.787. The van der Waals surface area contributed by atoms with Gasteiger partial charge in [-0.25, -0.2) is 13.8 Å². The van der Waals surface area contributed by atoms with Crippen LogP contribution in [0.1, 0.15) is 40.0 Å². The molecule has 1 atom stereocenters. The van der Waals surface area contributed by atoms with Crippen molar-refractivity contribution in [1.82, 2.24) is 20.0 Å². The van der Waals surface area contributed by atoms with Crippen LogP contribution in [0.15, 0.2) is 42.7 Å². The number of aromatic nitrogens is 4. The fraction of sp³-hybridized carbons (Fsp3) is 0.217. The zero-order chi connectivity index (χ0) is 24.4. The highest BCUT2D eigenvalue weighted by Gasteiger charge is 2.22. The van der Waals surface area contributed by atoms with E-state index in [9.17, 15) is 18.7 Å². The average Bonchev–Trinajstić information content (AvgIpc) is 3.45. The maximum Gasteiger partial charge on any atom is 0.251 e. The van der Waals surface area contributed by atoms with Gasteiger partial charge in [-0.15, -0.1) is 11.3 Å². The lowest BCUT2D eigenvalue weighted by Gasteiger charge is -2.11. The van der Waals surface area contributed by atoms with Crippen molar-refractivity contribution in [3.05, 3.63) is 76.7 Å². The number of benzene rings is 1. The highest BCUT2D eigenvalue weighted by molar-refractivity contribution is 7.20. The molecule has 0 saturated heterocycles. The number of aryl methyl sites for hydroxylation is 1. The number of anilines is 2. The third-order valence-electron chi connectivity index (χ3n) is 5.37. The fourth-order valence-electron chi connectivity index (χ4n) is 3.43. The van der Waals surface area contributed by atoms with E-state index in [0.29, 0.717) is 22.9 Å². The number of hydrogen-bond donors (Lipinski definition) is 3.